The summed E-state index contributed by atoms with van der Waals surface area (Å²) in [6.07, 6.45) is 0.394. The molecule has 1 unspecified atom stereocenters. The number of halogens is 2. The topological polar surface area (TPSA) is 66.5 Å². The van der Waals surface area contributed by atoms with E-state index in [0.717, 1.165) is 0 Å². The number of phenolic OH excluding ortho intramolecular Hbond substituents is 1. The summed E-state index contributed by atoms with van der Waals surface area (Å²) in [5.41, 5.74) is 6.28. The van der Waals surface area contributed by atoms with Gasteiger partial charge in [-0.15, -0.1) is 0 Å². The highest BCUT2D eigenvalue weighted by molar-refractivity contribution is 9.10. The molecule has 3 nitrogen and oxygen atoms in total. The number of hydrogen-bond acceptors (Lipinski definition) is 3. The third kappa shape index (κ3) is 2.60. The fourth-order valence-corrected chi connectivity index (χ4v) is 1.65. The lowest BCUT2D eigenvalue weighted by Gasteiger charge is -2.13. The van der Waals surface area contributed by atoms with Gasteiger partial charge in [-0.05, 0) is 34.5 Å². The summed E-state index contributed by atoms with van der Waals surface area (Å²) in [5.74, 6) is 0.0854. The van der Waals surface area contributed by atoms with E-state index in [-0.39, 0.29) is 12.4 Å². The van der Waals surface area contributed by atoms with Crippen molar-refractivity contribution >= 4 is 27.5 Å². The lowest BCUT2D eigenvalue weighted by Crippen LogP contribution is -2.12. The Hall–Kier alpha value is -0.290. The van der Waals surface area contributed by atoms with Crippen LogP contribution in [0, 0.1) is 0 Å². The molecule has 4 N–H and O–H groups in total. The standard InChI is InChI=1S/C9H11BrClNO2/c10-6-4-9(14)5(3-7(6)11)8(12)1-2-13/h3-4,8,13-14H,1-2,12H2. The van der Waals surface area contributed by atoms with E-state index in [1.54, 1.807) is 6.07 Å². The van der Waals surface area contributed by atoms with E-state index in [1.807, 2.05) is 0 Å². The van der Waals surface area contributed by atoms with Gasteiger partial charge >= 0.3 is 0 Å². The molecule has 0 aromatic heterocycles. The zero-order valence-electron chi connectivity index (χ0n) is 7.37. The molecule has 1 rings (SSSR count). The largest absolute Gasteiger partial charge is 0.508 e. The van der Waals surface area contributed by atoms with E-state index >= 15 is 0 Å². The van der Waals surface area contributed by atoms with E-state index < -0.39 is 6.04 Å². The molecule has 0 aliphatic rings. The maximum absolute atomic E-state index is 9.56. The number of hydrogen-bond donors (Lipinski definition) is 3. The monoisotopic (exact) mass is 279 g/mol. The summed E-state index contributed by atoms with van der Waals surface area (Å²) in [5, 5.41) is 18.8. The zero-order chi connectivity index (χ0) is 10.7. The minimum absolute atomic E-state index is 0.0196. The Labute approximate surface area is 95.6 Å². The first-order valence-electron chi connectivity index (χ1n) is 4.10. The van der Waals surface area contributed by atoms with Crippen molar-refractivity contribution in [3.05, 3.63) is 27.2 Å². The summed E-state index contributed by atoms with van der Waals surface area (Å²) in [6.45, 7) is -0.0196. The van der Waals surface area contributed by atoms with Crippen molar-refractivity contribution in [3.8, 4) is 5.75 Å². The number of phenols is 1. The smallest absolute Gasteiger partial charge is 0.121 e. The second-order valence-electron chi connectivity index (χ2n) is 2.94. The minimum atomic E-state index is -0.398. The van der Waals surface area contributed by atoms with Crippen LogP contribution >= 0.6 is 27.5 Å². The molecule has 78 valence electrons. The molecule has 1 aromatic rings. The molecule has 0 saturated heterocycles. The fourth-order valence-electron chi connectivity index (χ4n) is 1.14. The van der Waals surface area contributed by atoms with Gasteiger partial charge in [-0.3, -0.25) is 0 Å². The number of nitrogens with two attached hydrogens (primary N) is 1. The Balaban J connectivity index is 3.02. The molecule has 0 amide bonds. The highest BCUT2D eigenvalue weighted by Crippen LogP contribution is 2.33. The highest BCUT2D eigenvalue weighted by Gasteiger charge is 2.12. The van der Waals surface area contributed by atoms with Crippen molar-refractivity contribution in [2.24, 2.45) is 5.73 Å². The molecular formula is C9H11BrClNO2. The Bertz CT molecular complexity index is 333. The molecule has 1 aromatic carbocycles. The molecule has 0 bridgehead atoms. The Kier molecular flexibility index (Phi) is 4.19. The first-order chi connectivity index (χ1) is 6.56. The Morgan fingerprint density at radius 2 is 2.14 bits per heavy atom. The van der Waals surface area contributed by atoms with E-state index in [0.29, 0.717) is 21.5 Å². The van der Waals surface area contributed by atoms with Crippen molar-refractivity contribution in [1.29, 1.82) is 0 Å². The Morgan fingerprint density at radius 3 is 2.71 bits per heavy atom. The van der Waals surface area contributed by atoms with Gasteiger partial charge in [0.1, 0.15) is 5.75 Å². The predicted octanol–water partition coefficient (Wildman–Crippen LogP) is 2.19. The minimum Gasteiger partial charge on any atom is -0.508 e. The number of aliphatic hydroxyl groups excluding tert-OH is 1. The molecule has 0 radical (unpaired) electrons. The van der Waals surface area contributed by atoms with Crippen LogP contribution in [0.15, 0.2) is 16.6 Å². The molecule has 0 heterocycles. The van der Waals surface area contributed by atoms with Crippen LogP contribution in [0.1, 0.15) is 18.0 Å². The highest BCUT2D eigenvalue weighted by atomic mass is 79.9. The number of benzene rings is 1. The SMILES string of the molecule is NC(CCO)c1cc(Cl)c(Br)cc1O. The third-order valence-corrected chi connectivity index (χ3v) is 3.11. The number of aromatic hydroxyl groups is 1. The summed E-state index contributed by atoms with van der Waals surface area (Å²) in [6, 6.07) is 2.70. The van der Waals surface area contributed by atoms with Crippen LogP contribution < -0.4 is 5.73 Å². The summed E-state index contributed by atoms with van der Waals surface area (Å²) in [7, 11) is 0. The van der Waals surface area contributed by atoms with E-state index in [9.17, 15) is 5.11 Å². The van der Waals surface area contributed by atoms with Gasteiger partial charge in [0.2, 0.25) is 0 Å². The van der Waals surface area contributed by atoms with Crippen LogP contribution in [0.3, 0.4) is 0 Å². The van der Waals surface area contributed by atoms with Crippen molar-refractivity contribution < 1.29 is 10.2 Å². The molecule has 1 atom stereocenters. The number of aliphatic hydroxyl groups is 1. The van der Waals surface area contributed by atoms with Gasteiger partial charge in [0.15, 0.2) is 0 Å². The number of rotatable bonds is 3. The van der Waals surface area contributed by atoms with Crippen molar-refractivity contribution in [3.63, 3.8) is 0 Å². The van der Waals surface area contributed by atoms with Gasteiger partial charge in [0, 0.05) is 22.7 Å². The Morgan fingerprint density at radius 1 is 1.50 bits per heavy atom. The van der Waals surface area contributed by atoms with Gasteiger partial charge in [-0.25, -0.2) is 0 Å². The lowest BCUT2D eigenvalue weighted by atomic mass is 10.0. The molecule has 0 fully saturated rings. The summed E-state index contributed by atoms with van der Waals surface area (Å²) >= 11 is 9.04. The van der Waals surface area contributed by atoms with Gasteiger partial charge in [-0.2, -0.15) is 0 Å². The predicted molar refractivity (Wildman–Crippen MR) is 59.4 cm³/mol. The molecule has 14 heavy (non-hydrogen) atoms. The first kappa shape index (κ1) is 11.8. The van der Waals surface area contributed by atoms with Crippen LogP contribution in [-0.4, -0.2) is 16.8 Å². The molecule has 0 saturated carbocycles. The molecule has 0 aliphatic heterocycles. The van der Waals surface area contributed by atoms with Crippen LogP contribution in [0.25, 0.3) is 0 Å². The van der Waals surface area contributed by atoms with Crippen LogP contribution in [0.5, 0.6) is 5.75 Å². The van der Waals surface area contributed by atoms with Crippen molar-refractivity contribution in [2.75, 3.05) is 6.61 Å². The maximum Gasteiger partial charge on any atom is 0.121 e. The second-order valence-corrected chi connectivity index (χ2v) is 4.21. The fraction of sp³-hybridized carbons (Fsp3) is 0.333. The van der Waals surface area contributed by atoms with Crippen molar-refractivity contribution in [2.45, 2.75) is 12.5 Å². The van der Waals surface area contributed by atoms with E-state index in [2.05, 4.69) is 15.9 Å². The van der Waals surface area contributed by atoms with Gasteiger partial charge in [0.25, 0.3) is 0 Å². The van der Waals surface area contributed by atoms with Crippen LogP contribution in [0.4, 0.5) is 0 Å². The molecule has 5 heteroatoms. The van der Waals surface area contributed by atoms with Gasteiger partial charge < -0.3 is 15.9 Å². The molecule has 0 spiro atoms. The van der Waals surface area contributed by atoms with Crippen molar-refractivity contribution in [1.82, 2.24) is 0 Å². The normalized spacial score (nSPS) is 12.9. The van der Waals surface area contributed by atoms with Crippen LogP contribution in [0.2, 0.25) is 5.02 Å². The molecular weight excluding hydrogens is 269 g/mol. The summed E-state index contributed by atoms with van der Waals surface area (Å²) in [4.78, 5) is 0. The molecule has 0 aliphatic carbocycles. The first-order valence-corrected chi connectivity index (χ1v) is 5.27. The van der Waals surface area contributed by atoms with E-state index in [4.69, 9.17) is 22.4 Å². The average molecular weight is 281 g/mol. The average Bonchev–Trinajstić information content (AvgIpc) is 2.11. The third-order valence-electron chi connectivity index (χ3n) is 1.91. The second kappa shape index (κ2) is 4.98. The van der Waals surface area contributed by atoms with E-state index in [1.165, 1.54) is 6.07 Å². The summed E-state index contributed by atoms with van der Waals surface area (Å²) < 4.78 is 0.622. The van der Waals surface area contributed by atoms with Gasteiger partial charge in [-0.1, -0.05) is 11.6 Å². The zero-order valence-corrected chi connectivity index (χ0v) is 9.72. The van der Waals surface area contributed by atoms with Gasteiger partial charge in [0.05, 0.1) is 5.02 Å². The lowest BCUT2D eigenvalue weighted by molar-refractivity contribution is 0.275. The maximum atomic E-state index is 9.56. The quantitative estimate of drug-likeness (QED) is 0.795. The van der Waals surface area contributed by atoms with Crippen LogP contribution in [-0.2, 0) is 0 Å².